The van der Waals surface area contributed by atoms with Crippen LogP contribution < -0.4 is 9.62 Å². The Labute approximate surface area is 175 Å². The lowest BCUT2D eigenvalue weighted by Gasteiger charge is -2.17. The molecule has 30 heavy (non-hydrogen) atoms. The smallest absolute Gasteiger partial charge is 0.255 e. The fourth-order valence-corrected chi connectivity index (χ4v) is 4.74. The van der Waals surface area contributed by atoms with Gasteiger partial charge in [-0.05, 0) is 60.9 Å². The third kappa shape index (κ3) is 4.50. The van der Waals surface area contributed by atoms with Crippen LogP contribution in [-0.4, -0.2) is 31.6 Å². The minimum absolute atomic E-state index is 0.135. The molecule has 7 heteroatoms. The standard InChI is InChI=1S/C23H19N3O3S/c27-23(19-7-4-10-22(17-19)26-14-5-15-30(26,28)29)25-21-9-3-6-18(16-21)11-12-20-8-1-2-13-24-20/h1-4,6-10,13,16-17H,5,14-15H2,(H,25,27). The summed E-state index contributed by atoms with van der Waals surface area (Å²) in [6.45, 7) is 0.435. The highest BCUT2D eigenvalue weighted by atomic mass is 32.2. The molecule has 0 spiro atoms. The molecule has 1 saturated heterocycles. The van der Waals surface area contributed by atoms with E-state index in [0.29, 0.717) is 35.6 Å². The Morgan fingerprint density at radius 2 is 1.87 bits per heavy atom. The normalized spacial score (nSPS) is 14.6. The van der Waals surface area contributed by atoms with E-state index < -0.39 is 10.0 Å². The number of amides is 1. The quantitative estimate of drug-likeness (QED) is 0.664. The summed E-state index contributed by atoms with van der Waals surface area (Å²) in [5.74, 6) is 5.83. The Hall–Kier alpha value is -3.63. The number of nitrogens with zero attached hydrogens (tertiary/aromatic N) is 2. The molecule has 1 fully saturated rings. The molecule has 0 saturated carbocycles. The number of carbonyl (C=O) groups is 1. The molecular formula is C23H19N3O3S. The average molecular weight is 417 g/mol. The van der Waals surface area contributed by atoms with Crippen LogP contribution >= 0.6 is 0 Å². The number of aromatic nitrogens is 1. The largest absolute Gasteiger partial charge is 0.322 e. The fourth-order valence-electron chi connectivity index (χ4n) is 3.18. The first-order chi connectivity index (χ1) is 14.5. The lowest BCUT2D eigenvalue weighted by Crippen LogP contribution is -2.25. The first-order valence-electron chi connectivity index (χ1n) is 9.46. The van der Waals surface area contributed by atoms with Crippen LogP contribution in [0.15, 0.2) is 72.9 Å². The SMILES string of the molecule is O=C(Nc1cccc(C#Cc2ccccn2)c1)c1cccc(N2CCCS2(=O)=O)c1. The number of pyridine rings is 1. The molecular weight excluding hydrogens is 398 g/mol. The summed E-state index contributed by atoms with van der Waals surface area (Å²) in [4.78, 5) is 16.9. The van der Waals surface area contributed by atoms with Gasteiger partial charge in [-0.1, -0.05) is 24.1 Å². The van der Waals surface area contributed by atoms with E-state index in [0.717, 1.165) is 5.56 Å². The number of sulfonamides is 1. The van der Waals surface area contributed by atoms with Crippen molar-refractivity contribution in [2.24, 2.45) is 0 Å². The summed E-state index contributed by atoms with van der Waals surface area (Å²) in [5.41, 5.74) is 2.91. The maximum absolute atomic E-state index is 12.7. The monoisotopic (exact) mass is 417 g/mol. The molecule has 0 radical (unpaired) electrons. The molecule has 2 aromatic carbocycles. The maximum Gasteiger partial charge on any atom is 0.255 e. The van der Waals surface area contributed by atoms with Gasteiger partial charge in [0, 0.05) is 29.6 Å². The summed E-state index contributed by atoms with van der Waals surface area (Å²) in [7, 11) is -3.30. The van der Waals surface area contributed by atoms with Crippen LogP contribution in [0.3, 0.4) is 0 Å². The van der Waals surface area contributed by atoms with Crippen molar-refractivity contribution in [2.45, 2.75) is 6.42 Å². The van der Waals surface area contributed by atoms with Crippen LogP contribution in [0.2, 0.25) is 0 Å². The molecule has 6 nitrogen and oxygen atoms in total. The predicted octanol–water partition coefficient (Wildman–Crippen LogP) is 3.27. The molecule has 0 unspecified atom stereocenters. The van der Waals surface area contributed by atoms with Gasteiger partial charge in [-0.3, -0.25) is 9.10 Å². The molecule has 3 aromatic rings. The zero-order valence-electron chi connectivity index (χ0n) is 16.1. The molecule has 4 rings (SSSR count). The van der Waals surface area contributed by atoms with E-state index in [1.807, 2.05) is 30.3 Å². The number of rotatable bonds is 3. The van der Waals surface area contributed by atoms with E-state index >= 15 is 0 Å². The van der Waals surface area contributed by atoms with Gasteiger partial charge in [-0.25, -0.2) is 13.4 Å². The van der Waals surface area contributed by atoms with Crippen molar-refractivity contribution in [3.63, 3.8) is 0 Å². The van der Waals surface area contributed by atoms with Crippen molar-refractivity contribution in [3.05, 3.63) is 89.7 Å². The molecule has 1 aliphatic heterocycles. The molecule has 0 aliphatic carbocycles. The van der Waals surface area contributed by atoms with Crippen LogP contribution in [0, 0.1) is 11.8 Å². The number of hydrogen-bond acceptors (Lipinski definition) is 4. The van der Waals surface area contributed by atoms with E-state index in [9.17, 15) is 13.2 Å². The van der Waals surface area contributed by atoms with E-state index in [1.54, 1.807) is 42.6 Å². The Morgan fingerprint density at radius 1 is 1.00 bits per heavy atom. The molecule has 1 aromatic heterocycles. The van der Waals surface area contributed by atoms with Crippen LogP contribution in [0.4, 0.5) is 11.4 Å². The molecule has 150 valence electrons. The highest BCUT2D eigenvalue weighted by Gasteiger charge is 2.28. The Morgan fingerprint density at radius 3 is 2.63 bits per heavy atom. The lowest BCUT2D eigenvalue weighted by atomic mass is 10.1. The highest BCUT2D eigenvalue weighted by Crippen LogP contribution is 2.25. The minimum atomic E-state index is -3.30. The Bertz CT molecular complexity index is 1250. The van der Waals surface area contributed by atoms with E-state index in [2.05, 4.69) is 22.1 Å². The first-order valence-corrected chi connectivity index (χ1v) is 11.1. The van der Waals surface area contributed by atoms with Gasteiger partial charge in [0.1, 0.15) is 5.69 Å². The molecule has 0 atom stereocenters. The average Bonchev–Trinajstić information content (AvgIpc) is 3.12. The van der Waals surface area contributed by atoms with E-state index in [-0.39, 0.29) is 11.7 Å². The summed E-state index contributed by atoms with van der Waals surface area (Å²) >= 11 is 0. The zero-order chi connectivity index (χ0) is 21.0. The fraction of sp³-hybridized carbons (Fsp3) is 0.130. The van der Waals surface area contributed by atoms with Crippen molar-refractivity contribution in [1.29, 1.82) is 0 Å². The zero-order valence-corrected chi connectivity index (χ0v) is 16.9. The second kappa shape index (κ2) is 8.39. The van der Waals surface area contributed by atoms with Gasteiger partial charge < -0.3 is 5.32 Å². The number of carbonyl (C=O) groups excluding carboxylic acids is 1. The van der Waals surface area contributed by atoms with Gasteiger partial charge in [0.05, 0.1) is 11.4 Å². The summed E-state index contributed by atoms with van der Waals surface area (Å²) in [5, 5.41) is 2.85. The lowest BCUT2D eigenvalue weighted by molar-refractivity contribution is 0.102. The number of benzene rings is 2. The van der Waals surface area contributed by atoms with Crippen molar-refractivity contribution in [2.75, 3.05) is 21.9 Å². The van der Waals surface area contributed by atoms with Gasteiger partial charge in [-0.2, -0.15) is 0 Å². The molecule has 2 heterocycles. The molecule has 1 amide bonds. The number of hydrogen-bond donors (Lipinski definition) is 1. The summed E-state index contributed by atoms with van der Waals surface area (Å²) < 4.78 is 25.6. The first kappa shape index (κ1) is 19.7. The van der Waals surface area contributed by atoms with E-state index in [4.69, 9.17) is 0 Å². The van der Waals surface area contributed by atoms with Crippen LogP contribution in [0.25, 0.3) is 0 Å². The van der Waals surface area contributed by atoms with Gasteiger partial charge in [0.2, 0.25) is 10.0 Å². The molecule has 1 aliphatic rings. The highest BCUT2D eigenvalue weighted by molar-refractivity contribution is 7.93. The van der Waals surface area contributed by atoms with Crippen molar-refractivity contribution < 1.29 is 13.2 Å². The maximum atomic E-state index is 12.7. The number of nitrogens with one attached hydrogen (secondary N) is 1. The van der Waals surface area contributed by atoms with Crippen LogP contribution in [0.1, 0.15) is 28.0 Å². The summed E-state index contributed by atoms with van der Waals surface area (Å²) in [6.07, 6.45) is 2.27. The van der Waals surface area contributed by atoms with Crippen molar-refractivity contribution >= 4 is 27.3 Å². The van der Waals surface area contributed by atoms with Crippen LogP contribution in [0.5, 0.6) is 0 Å². The molecule has 0 bridgehead atoms. The number of anilines is 2. The topological polar surface area (TPSA) is 79.4 Å². The van der Waals surface area contributed by atoms with Crippen molar-refractivity contribution in [1.82, 2.24) is 4.98 Å². The van der Waals surface area contributed by atoms with Gasteiger partial charge in [0.15, 0.2) is 0 Å². The van der Waals surface area contributed by atoms with E-state index in [1.165, 1.54) is 4.31 Å². The van der Waals surface area contributed by atoms with Crippen LogP contribution in [-0.2, 0) is 10.0 Å². The van der Waals surface area contributed by atoms with Gasteiger partial charge in [-0.15, -0.1) is 0 Å². The predicted molar refractivity (Wildman–Crippen MR) is 117 cm³/mol. The Balaban J connectivity index is 1.51. The van der Waals surface area contributed by atoms with Gasteiger partial charge >= 0.3 is 0 Å². The summed E-state index contributed by atoms with van der Waals surface area (Å²) in [6, 6.07) is 19.4. The van der Waals surface area contributed by atoms with Gasteiger partial charge in [0.25, 0.3) is 5.91 Å². The van der Waals surface area contributed by atoms with Crippen molar-refractivity contribution in [3.8, 4) is 11.8 Å². The second-order valence-electron chi connectivity index (χ2n) is 6.79. The third-order valence-electron chi connectivity index (χ3n) is 4.62. The third-order valence-corrected chi connectivity index (χ3v) is 6.49. The minimum Gasteiger partial charge on any atom is -0.322 e. The Kier molecular flexibility index (Phi) is 5.50. The molecule has 1 N–H and O–H groups in total. The second-order valence-corrected chi connectivity index (χ2v) is 8.80.